The Morgan fingerprint density at radius 3 is 2.28 bits per heavy atom. The van der Waals surface area contributed by atoms with E-state index in [1.807, 2.05) is 0 Å². The summed E-state index contributed by atoms with van der Waals surface area (Å²) in [6.45, 7) is 5.17. The number of phenols is 2. The third-order valence-electron chi connectivity index (χ3n) is 4.91. The van der Waals surface area contributed by atoms with Crippen LogP contribution in [0.15, 0.2) is 11.8 Å². The number of rotatable bonds is 2. The zero-order chi connectivity index (χ0) is 18.8. The van der Waals surface area contributed by atoms with Crippen LogP contribution in [0.1, 0.15) is 42.3 Å². The normalized spacial score (nSPS) is 24.3. The van der Waals surface area contributed by atoms with Crippen molar-refractivity contribution in [3.05, 3.63) is 28.5 Å². The lowest BCUT2D eigenvalue weighted by Gasteiger charge is -2.30. The molecule has 2 aliphatic rings. The van der Waals surface area contributed by atoms with Crippen LogP contribution in [0.25, 0.3) is 0 Å². The molecule has 1 heterocycles. The molecule has 1 aliphatic carbocycles. The minimum Gasteiger partial charge on any atom is -0.507 e. The topological polar surface area (TPSA) is 118 Å². The average Bonchev–Trinajstić information content (AvgIpc) is 2.78. The number of carbonyl (C=O) groups excluding carboxylic acids is 4. The highest BCUT2D eigenvalue weighted by atomic mass is 16.5. The van der Waals surface area contributed by atoms with Crippen LogP contribution in [0.3, 0.4) is 0 Å². The summed E-state index contributed by atoms with van der Waals surface area (Å²) in [6, 6.07) is 0. The quantitative estimate of drug-likeness (QED) is 0.616. The zero-order valence-corrected chi connectivity index (χ0v) is 14.1. The van der Waals surface area contributed by atoms with Gasteiger partial charge in [0.05, 0.1) is 5.56 Å². The molecule has 2 N–H and O–H groups in total. The Hall–Kier alpha value is -2.96. The number of phenolic OH excluding ortho intramolecular Hbond substituents is 2. The van der Waals surface area contributed by atoms with Crippen LogP contribution in [0, 0.1) is 12.8 Å². The van der Waals surface area contributed by atoms with E-state index in [9.17, 15) is 29.4 Å². The van der Waals surface area contributed by atoms with Crippen LogP contribution in [0.2, 0.25) is 0 Å². The SMILES string of the molecule is CC(=O)c1c(O)c(C)c(O)c2c1OC1=CC(=O)C(C(C)=O)C(=O)[C@@]12C. The molecular weight excluding hydrogens is 328 g/mol. The molecule has 7 nitrogen and oxygen atoms in total. The number of allylic oxidation sites excluding steroid dienone is 2. The van der Waals surface area contributed by atoms with Gasteiger partial charge in [-0.25, -0.2) is 0 Å². The van der Waals surface area contributed by atoms with E-state index in [1.165, 1.54) is 20.8 Å². The highest BCUT2D eigenvalue weighted by molar-refractivity contribution is 6.27. The first-order valence-corrected chi connectivity index (χ1v) is 7.62. The van der Waals surface area contributed by atoms with E-state index in [0.29, 0.717) is 0 Å². The first-order valence-electron chi connectivity index (χ1n) is 7.62. The fraction of sp³-hybridized carbons (Fsp3) is 0.333. The molecular formula is C18H16O7. The highest BCUT2D eigenvalue weighted by Crippen LogP contribution is 2.57. The summed E-state index contributed by atoms with van der Waals surface area (Å²) in [4.78, 5) is 48.8. The number of benzene rings is 1. The number of fused-ring (bicyclic) bond motifs is 3. The smallest absolute Gasteiger partial charge is 0.177 e. The number of hydrogen-bond acceptors (Lipinski definition) is 7. The van der Waals surface area contributed by atoms with E-state index in [0.717, 1.165) is 13.0 Å². The molecule has 25 heavy (non-hydrogen) atoms. The van der Waals surface area contributed by atoms with Crippen molar-refractivity contribution in [1.82, 2.24) is 0 Å². The Balaban J connectivity index is 2.41. The van der Waals surface area contributed by atoms with Crippen molar-refractivity contribution in [2.24, 2.45) is 5.92 Å². The van der Waals surface area contributed by atoms with Gasteiger partial charge in [-0.15, -0.1) is 0 Å². The first-order chi connectivity index (χ1) is 11.5. The summed E-state index contributed by atoms with van der Waals surface area (Å²) in [5, 5.41) is 20.7. The molecule has 1 aliphatic heterocycles. The summed E-state index contributed by atoms with van der Waals surface area (Å²) in [7, 11) is 0. The van der Waals surface area contributed by atoms with Crippen molar-refractivity contribution in [3.63, 3.8) is 0 Å². The van der Waals surface area contributed by atoms with Gasteiger partial charge in [0, 0.05) is 11.6 Å². The Kier molecular flexibility index (Phi) is 3.39. The molecule has 0 fully saturated rings. The van der Waals surface area contributed by atoms with Crippen molar-refractivity contribution in [2.45, 2.75) is 33.1 Å². The third-order valence-corrected chi connectivity index (χ3v) is 4.91. The van der Waals surface area contributed by atoms with Crippen LogP contribution < -0.4 is 4.74 Å². The maximum absolute atomic E-state index is 13.0. The van der Waals surface area contributed by atoms with Crippen molar-refractivity contribution in [1.29, 1.82) is 0 Å². The van der Waals surface area contributed by atoms with Crippen molar-refractivity contribution >= 4 is 23.1 Å². The van der Waals surface area contributed by atoms with Crippen LogP contribution in [0.4, 0.5) is 0 Å². The van der Waals surface area contributed by atoms with Crippen LogP contribution in [-0.4, -0.2) is 33.3 Å². The molecule has 1 aromatic rings. The molecule has 0 radical (unpaired) electrons. The van der Waals surface area contributed by atoms with Gasteiger partial charge in [-0.2, -0.15) is 0 Å². The average molecular weight is 344 g/mol. The summed E-state index contributed by atoms with van der Waals surface area (Å²) in [5.41, 5.74) is -1.77. The standard InChI is InChI=1S/C18H16O7/c1-6-14(22)12(8(3)20)16-13(15(6)23)18(4)10(25-16)5-9(21)11(7(2)19)17(18)24/h5,11,22-23H,1-4H3/t11?,18-/m0/s1. The number of aromatic hydroxyl groups is 2. The number of ether oxygens (including phenoxy) is 1. The summed E-state index contributed by atoms with van der Waals surface area (Å²) in [5.74, 6) is -5.15. The van der Waals surface area contributed by atoms with Crippen LogP contribution in [0.5, 0.6) is 17.2 Å². The fourth-order valence-electron chi connectivity index (χ4n) is 3.49. The van der Waals surface area contributed by atoms with Gasteiger partial charge < -0.3 is 14.9 Å². The molecule has 2 atom stereocenters. The second kappa shape index (κ2) is 5.02. The lowest BCUT2D eigenvalue weighted by Crippen LogP contribution is -2.47. The Bertz CT molecular complexity index is 922. The van der Waals surface area contributed by atoms with E-state index in [-0.39, 0.29) is 28.2 Å². The minimum absolute atomic E-state index is 0.0111. The molecule has 130 valence electrons. The molecule has 3 rings (SSSR count). The minimum atomic E-state index is -1.59. The van der Waals surface area contributed by atoms with Gasteiger partial charge in [-0.1, -0.05) is 0 Å². The van der Waals surface area contributed by atoms with E-state index in [4.69, 9.17) is 4.74 Å². The molecule has 0 saturated carbocycles. The van der Waals surface area contributed by atoms with Gasteiger partial charge in [0.2, 0.25) is 0 Å². The number of ketones is 4. The number of hydrogen-bond donors (Lipinski definition) is 2. The first kappa shape index (κ1) is 16.9. The molecule has 0 aromatic heterocycles. The molecule has 0 saturated heterocycles. The van der Waals surface area contributed by atoms with Crippen molar-refractivity contribution in [2.75, 3.05) is 0 Å². The molecule has 0 spiro atoms. The van der Waals surface area contributed by atoms with Gasteiger partial charge in [0.25, 0.3) is 0 Å². The van der Waals surface area contributed by atoms with E-state index in [2.05, 4.69) is 0 Å². The highest BCUT2D eigenvalue weighted by Gasteiger charge is 2.58. The summed E-state index contributed by atoms with van der Waals surface area (Å²) >= 11 is 0. The predicted molar refractivity (Wildman–Crippen MR) is 84.8 cm³/mol. The molecule has 0 amide bonds. The lowest BCUT2D eigenvalue weighted by atomic mass is 9.67. The number of carbonyl (C=O) groups is 4. The molecule has 1 aromatic carbocycles. The van der Waals surface area contributed by atoms with Gasteiger partial charge in [0.1, 0.15) is 45.7 Å². The largest absolute Gasteiger partial charge is 0.507 e. The summed E-state index contributed by atoms with van der Waals surface area (Å²) < 4.78 is 5.56. The third kappa shape index (κ3) is 1.92. The van der Waals surface area contributed by atoms with E-state index in [1.54, 1.807) is 0 Å². The van der Waals surface area contributed by atoms with Crippen LogP contribution >= 0.6 is 0 Å². The zero-order valence-electron chi connectivity index (χ0n) is 14.1. The maximum atomic E-state index is 13.0. The van der Waals surface area contributed by atoms with Gasteiger partial charge in [-0.05, 0) is 27.7 Å². The Morgan fingerprint density at radius 2 is 1.76 bits per heavy atom. The van der Waals surface area contributed by atoms with Gasteiger partial charge in [0.15, 0.2) is 17.3 Å². The predicted octanol–water partition coefficient (Wildman–Crippen LogP) is 1.50. The number of Topliss-reactive ketones (excluding diaryl/α,β-unsaturated/α-hetero) is 3. The van der Waals surface area contributed by atoms with Crippen molar-refractivity contribution in [3.8, 4) is 17.2 Å². The van der Waals surface area contributed by atoms with E-state index >= 15 is 0 Å². The molecule has 0 bridgehead atoms. The van der Waals surface area contributed by atoms with E-state index < -0.39 is 46.0 Å². The molecule has 7 heteroatoms. The second-order valence-corrected chi connectivity index (χ2v) is 6.50. The van der Waals surface area contributed by atoms with Gasteiger partial charge >= 0.3 is 0 Å². The Morgan fingerprint density at radius 1 is 1.16 bits per heavy atom. The van der Waals surface area contributed by atoms with Gasteiger partial charge in [-0.3, -0.25) is 19.2 Å². The molecule has 1 unspecified atom stereocenters. The van der Waals surface area contributed by atoms with Crippen molar-refractivity contribution < 1.29 is 34.1 Å². The maximum Gasteiger partial charge on any atom is 0.177 e. The Labute approximate surface area is 142 Å². The summed E-state index contributed by atoms with van der Waals surface area (Å²) in [6.07, 6.45) is 1.04. The fourth-order valence-corrected chi connectivity index (χ4v) is 3.49. The van der Waals surface area contributed by atoms with Crippen LogP contribution in [-0.2, 0) is 19.8 Å². The lowest BCUT2D eigenvalue weighted by molar-refractivity contribution is -0.140. The monoisotopic (exact) mass is 344 g/mol. The second-order valence-electron chi connectivity index (χ2n) is 6.50.